The highest BCUT2D eigenvalue weighted by Gasteiger charge is 2.61. The fourth-order valence-electron chi connectivity index (χ4n) is 2.97. The number of halogens is 3. The minimum Gasteiger partial charge on any atom is -0.483 e. The summed E-state index contributed by atoms with van der Waals surface area (Å²) >= 11 is 0. The number of benzene rings is 1. The van der Waals surface area contributed by atoms with Crippen molar-refractivity contribution in [1.29, 1.82) is 0 Å². The average Bonchev–Trinajstić information content (AvgIpc) is 2.95. The zero-order valence-electron chi connectivity index (χ0n) is 16.6. The van der Waals surface area contributed by atoms with E-state index < -0.39 is 24.4 Å². The second-order valence-corrected chi connectivity index (χ2v) is 7.32. The number of hydrogen-bond donors (Lipinski definition) is 2. The molecule has 0 saturated carbocycles. The number of alkyl halides is 3. The van der Waals surface area contributed by atoms with Gasteiger partial charge in [-0.3, -0.25) is 10.2 Å². The van der Waals surface area contributed by atoms with Crippen LogP contribution in [0.5, 0.6) is 5.75 Å². The zero-order valence-corrected chi connectivity index (χ0v) is 16.6. The van der Waals surface area contributed by atoms with Crippen LogP contribution in [-0.4, -0.2) is 34.5 Å². The van der Waals surface area contributed by atoms with E-state index in [1.807, 2.05) is 39.8 Å². The number of allylic oxidation sites excluding steroid dienone is 1. The molecule has 0 saturated heterocycles. The number of ether oxygens (including phenoxy) is 1. The molecule has 28 heavy (non-hydrogen) atoms. The molecule has 0 bridgehead atoms. The Hall–Kier alpha value is -2.22. The van der Waals surface area contributed by atoms with Crippen LogP contribution in [0.25, 0.3) is 0 Å². The average molecular weight is 400 g/mol. The summed E-state index contributed by atoms with van der Waals surface area (Å²) < 4.78 is 45.9. The summed E-state index contributed by atoms with van der Waals surface area (Å²) in [5.74, 6) is -0.457. The number of amides is 1. The quantitative estimate of drug-likeness (QED) is 0.721. The van der Waals surface area contributed by atoms with E-state index in [1.165, 1.54) is 0 Å². The number of nitrogens with zero attached hydrogens (tertiary/aromatic N) is 1. The van der Waals surface area contributed by atoms with Crippen molar-refractivity contribution in [3.63, 3.8) is 0 Å². The van der Waals surface area contributed by atoms with Gasteiger partial charge in [0.1, 0.15) is 5.75 Å². The van der Waals surface area contributed by atoms with Gasteiger partial charge in [-0.1, -0.05) is 39.3 Å². The van der Waals surface area contributed by atoms with Gasteiger partial charge in [-0.05, 0) is 49.0 Å². The first-order chi connectivity index (χ1) is 13.0. The van der Waals surface area contributed by atoms with Crippen LogP contribution in [0.4, 0.5) is 13.2 Å². The predicted octanol–water partition coefficient (Wildman–Crippen LogP) is 4.17. The highest BCUT2D eigenvalue weighted by molar-refractivity contribution is 5.79. The molecule has 1 aromatic rings. The van der Waals surface area contributed by atoms with Crippen molar-refractivity contribution in [2.75, 3.05) is 6.61 Å². The summed E-state index contributed by atoms with van der Waals surface area (Å²) in [7, 11) is 0. The molecular weight excluding hydrogens is 373 g/mol. The maximum absolute atomic E-state index is 13.5. The van der Waals surface area contributed by atoms with Crippen molar-refractivity contribution < 1.29 is 27.8 Å². The van der Waals surface area contributed by atoms with Crippen LogP contribution in [0.15, 0.2) is 30.0 Å². The molecule has 0 aliphatic carbocycles. The molecule has 1 aliphatic rings. The minimum absolute atomic E-state index is 0.116. The molecule has 8 heteroatoms. The van der Waals surface area contributed by atoms with E-state index in [4.69, 9.17) is 4.74 Å². The fraction of sp³-hybridized carbons (Fsp3) is 0.550. The van der Waals surface area contributed by atoms with E-state index >= 15 is 0 Å². The number of carbonyl (C=O) groups excluding carboxylic acids is 1. The van der Waals surface area contributed by atoms with Crippen molar-refractivity contribution in [1.82, 2.24) is 10.4 Å². The Kier molecular flexibility index (Phi) is 6.64. The first kappa shape index (κ1) is 22.1. The van der Waals surface area contributed by atoms with Crippen molar-refractivity contribution >= 4 is 5.91 Å². The smallest absolute Gasteiger partial charge is 0.442 e. The van der Waals surface area contributed by atoms with Gasteiger partial charge in [0.2, 0.25) is 0 Å². The van der Waals surface area contributed by atoms with Crippen LogP contribution < -0.4 is 10.2 Å². The minimum atomic E-state index is -5.05. The van der Waals surface area contributed by atoms with E-state index in [0.29, 0.717) is 24.7 Å². The van der Waals surface area contributed by atoms with E-state index in [1.54, 1.807) is 6.07 Å². The summed E-state index contributed by atoms with van der Waals surface area (Å²) in [5.41, 5.74) is 0.916. The van der Waals surface area contributed by atoms with Gasteiger partial charge in [-0.15, -0.1) is 0 Å². The Bertz CT molecular complexity index is 747. The first-order valence-electron chi connectivity index (χ1n) is 9.33. The maximum Gasteiger partial charge on any atom is 0.442 e. The van der Waals surface area contributed by atoms with Gasteiger partial charge >= 0.3 is 6.18 Å². The lowest BCUT2D eigenvalue weighted by molar-refractivity contribution is -0.289. The lowest BCUT2D eigenvalue weighted by Gasteiger charge is -2.33. The molecule has 0 unspecified atom stereocenters. The molecule has 0 fully saturated rings. The molecule has 2 rings (SSSR count). The molecule has 1 amide bonds. The third kappa shape index (κ3) is 4.60. The van der Waals surface area contributed by atoms with Gasteiger partial charge in [0.25, 0.3) is 11.6 Å². The van der Waals surface area contributed by atoms with Crippen molar-refractivity contribution in [2.45, 2.75) is 64.8 Å². The lowest BCUT2D eigenvalue weighted by Crippen LogP contribution is -2.61. The second-order valence-electron chi connectivity index (χ2n) is 7.32. The molecule has 0 radical (unpaired) electrons. The number of carbonyl (C=O) groups is 1. The number of nitrogens with one attached hydrogen (secondary N) is 1. The Labute approximate surface area is 163 Å². The monoisotopic (exact) mass is 400 g/mol. The molecule has 0 spiro atoms. The summed E-state index contributed by atoms with van der Waals surface area (Å²) in [6, 6.07) is 5.50. The van der Waals surface area contributed by atoms with Gasteiger partial charge < -0.3 is 9.84 Å². The third-order valence-corrected chi connectivity index (χ3v) is 4.58. The molecular formula is C20H27F3N2O3. The molecule has 156 valence electrons. The number of aliphatic hydroxyl groups is 1. The maximum atomic E-state index is 13.5. The third-order valence-electron chi connectivity index (χ3n) is 4.58. The lowest BCUT2D eigenvalue weighted by atomic mass is 10.0. The number of aryl methyl sites for hydroxylation is 1. The van der Waals surface area contributed by atoms with E-state index in [0.717, 1.165) is 17.5 Å². The van der Waals surface area contributed by atoms with Gasteiger partial charge in [0, 0.05) is 5.70 Å². The van der Waals surface area contributed by atoms with Gasteiger partial charge in [-0.2, -0.15) is 13.2 Å². The molecule has 0 aromatic heterocycles. The van der Waals surface area contributed by atoms with E-state index in [2.05, 4.69) is 5.43 Å². The molecule has 1 aromatic carbocycles. The number of rotatable bonds is 7. The number of hydrazine groups is 1. The van der Waals surface area contributed by atoms with Crippen molar-refractivity contribution in [2.24, 2.45) is 0 Å². The molecule has 1 heterocycles. The second kappa shape index (κ2) is 8.43. The highest BCUT2D eigenvalue weighted by atomic mass is 19.4. The fourth-order valence-corrected chi connectivity index (χ4v) is 2.97. The summed E-state index contributed by atoms with van der Waals surface area (Å²) in [4.78, 5) is 12.5. The van der Waals surface area contributed by atoms with E-state index in [-0.39, 0.29) is 16.6 Å². The van der Waals surface area contributed by atoms with Crippen LogP contribution in [0.1, 0.15) is 57.1 Å². The summed E-state index contributed by atoms with van der Waals surface area (Å²) in [5, 5.41) is 10.4. The Balaban J connectivity index is 2.18. The Morgan fingerprint density at radius 1 is 1.36 bits per heavy atom. The van der Waals surface area contributed by atoms with Gasteiger partial charge in [-0.25, -0.2) is 5.01 Å². The summed E-state index contributed by atoms with van der Waals surface area (Å²) in [6.07, 6.45) is -2.68. The Morgan fingerprint density at radius 3 is 2.61 bits per heavy atom. The van der Waals surface area contributed by atoms with Crippen LogP contribution in [-0.2, 0) is 4.79 Å². The number of unbranched alkanes of at least 4 members (excludes halogenated alkanes) is 1. The predicted molar refractivity (Wildman–Crippen MR) is 99.4 cm³/mol. The SMILES string of the molecule is CCCCC1=C[C@](O)(C(F)(F)F)N(C(=O)COc2cc(C)ccc2C(C)C)N1. The van der Waals surface area contributed by atoms with Gasteiger partial charge in [0.05, 0.1) is 0 Å². The first-order valence-corrected chi connectivity index (χ1v) is 9.33. The molecule has 2 N–H and O–H groups in total. The zero-order chi connectivity index (χ0) is 21.1. The van der Waals surface area contributed by atoms with Crippen LogP contribution in [0, 0.1) is 6.92 Å². The Morgan fingerprint density at radius 2 is 2.04 bits per heavy atom. The topological polar surface area (TPSA) is 61.8 Å². The van der Waals surface area contributed by atoms with Crippen molar-refractivity contribution in [3.05, 3.63) is 41.1 Å². The van der Waals surface area contributed by atoms with Gasteiger partial charge in [0.15, 0.2) is 6.61 Å². The molecule has 1 atom stereocenters. The van der Waals surface area contributed by atoms with Crippen LogP contribution in [0.3, 0.4) is 0 Å². The molecule has 5 nitrogen and oxygen atoms in total. The van der Waals surface area contributed by atoms with E-state index in [9.17, 15) is 23.1 Å². The normalized spacial score (nSPS) is 19.6. The standard InChI is InChI=1S/C20H27F3N2O3/c1-5-6-7-15-11-19(27,20(21,22)23)25(24-15)18(26)12-28-17-10-14(4)8-9-16(17)13(2)3/h8-11,13,24,27H,5-7,12H2,1-4H3/t19-/m0/s1. The summed E-state index contributed by atoms with van der Waals surface area (Å²) in [6.45, 7) is 7.02. The largest absolute Gasteiger partial charge is 0.483 e. The highest BCUT2D eigenvalue weighted by Crippen LogP contribution is 2.38. The van der Waals surface area contributed by atoms with Crippen LogP contribution in [0.2, 0.25) is 0 Å². The molecule has 1 aliphatic heterocycles. The van der Waals surface area contributed by atoms with Crippen molar-refractivity contribution in [3.8, 4) is 5.75 Å². The number of hydrogen-bond acceptors (Lipinski definition) is 4. The van der Waals surface area contributed by atoms with Crippen LogP contribution >= 0.6 is 0 Å².